The first-order valence-electron chi connectivity index (χ1n) is 12.1. The van der Waals surface area contributed by atoms with E-state index in [1.165, 1.54) is 62.7 Å². The van der Waals surface area contributed by atoms with Crippen LogP contribution in [0.5, 0.6) is 0 Å². The zero-order valence-corrected chi connectivity index (χ0v) is 19.1. The number of unbranched alkanes of at least 4 members (excludes halogenated alkanes) is 9. The fourth-order valence-corrected chi connectivity index (χ4v) is 4.17. The molecule has 0 N–H and O–H groups in total. The number of imide groups is 1. The van der Waals surface area contributed by atoms with Crippen LogP contribution in [0.4, 0.5) is 4.79 Å². The fraction of sp³-hybridized carbons (Fsp3) is 0.692. The van der Waals surface area contributed by atoms with E-state index < -0.39 is 6.09 Å². The van der Waals surface area contributed by atoms with Crippen LogP contribution in [0.1, 0.15) is 96.5 Å². The first-order valence-corrected chi connectivity index (χ1v) is 12.1. The molecule has 30 heavy (non-hydrogen) atoms. The SMILES string of the molecule is CC(C)CCCCCCCCCCCCC(=O)N1C(=O)OC[C@H]1Cc1ccccc1. The van der Waals surface area contributed by atoms with Crippen LogP contribution in [0.2, 0.25) is 0 Å². The average molecular weight is 416 g/mol. The van der Waals surface area contributed by atoms with Crippen LogP contribution in [0, 0.1) is 5.92 Å². The van der Waals surface area contributed by atoms with E-state index in [1.54, 1.807) is 0 Å². The Morgan fingerprint density at radius 1 is 0.933 bits per heavy atom. The molecule has 1 heterocycles. The van der Waals surface area contributed by atoms with Gasteiger partial charge in [0, 0.05) is 6.42 Å². The number of cyclic esters (lactones) is 1. The van der Waals surface area contributed by atoms with Gasteiger partial charge in [0.25, 0.3) is 0 Å². The summed E-state index contributed by atoms with van der Waals surface area (Å²) in [6, 6.07) is 9.80. The molecular formula is C26H41NO3. The Morgan fingerprint density at radius 3 is 2.10 bits per heavy atom. The molecule has 4 heteroatoms. The molecule has 1 fully saturated rings. The highest BCUT2D eigenvalue weighted by molar-refractivity contribution is 5.93. The molecule has 0 unspecified atom stereocenters. The van der Waals surface area contributed by atoms with Crippen molar-refractivity contribution >= 4 is 12.0 Å². The molecule has 0 saturated carbocycles. The lowest BCUT2D eigenvalue weighted by atomic mass is 10.0. The van der Waals surface area contributed by atoms with Crippen LogP contribution in [-0.2, 0) is 16.0 Å². The van der Waals surface area contributed by atoms with E-state index in [4.69, 9.17) is 4.74 Å². The van der Waals surface area contributed by atoms with Crippen molar-refractivity contribution in [2.45, 2.75) is 103 Å². The van der Waals surface area contributed by atoms with Gasteiger partial charge in [-0.1, -0.05) is 108 Å². The number of benzene rings is 1. The van der Waals surface area contributed by atoms with Gasteiger partial charge in [-0.05, 0) is 24.3 Å². The molecule has 2 rings (SSSR count). The molecular weight excluding hydrogens is 374 g/mol. The van der Waals surface area contributed by atoms with E-state index in [9.17, 15) is 9.59 Å². The quantitative estimate of drug-likeness (QED) is 0.292. The number of hydrogen-bond donors (Lipinski definition) is 0. The first-order chi connectivity index (χ1) is 14.6. The summed E-state index contributed by atoms with van der Waals surface area (Å²) in [5, 5.41) is 0. The Balaban J connectivity index is 1.52. The van der Waals surface area contributed by atoms with Crippen molar-refractivity contribution in [3.8, 4) is 0 Å². The first kappa shape index (κ1) is 24.4. The molecule has 168 valence electrons. The molecule has 0 aromatic heterocycles. The van der Waals surface area contributed by atoms with Gasteiger partial charge in [-0.25, -0.2) is 9.69 Å². The number of nitrogens with zero attached hydrogens (tertiary/aromatic N) is 1. The van der Waals surface area contributed by atoms with Gasteiger partial charge in [0.05, 0.1) is 6.04 Å². The lowest BCUT2D eigenvalue weighted by Gasteiger charge is -2.19. The topological polar surface area (TPSA) is 46.6 Å². The second-order valence-corrected chi connectivity index (χ2v) is 9.15. The van der Waals surface area contributed by atoms with E-state index in [0.29, 0.717) is 19.4 Å². The minimum Gasteiger partial charge on any atom is -0.447 e. The lowest BCUT2D eigenvalue weighted by Crippen LogP contribution is -2.40. The number of carbonyl (C=O) groups is 2. The van der Waals surface area contributed by atoms with Gasteiger partial charge >= 0.3 is 6.09 Å². The highest BCUT2D eigenvalue weighted by atomic mass is 16.6. The minimum atomic E-state index is -0.477. The fourth-order valence-electron chi connectivity index (χ4n) is 4.17. The summed E-state index contributed by atoms with van der Waals surface area (Å²) in [7, 11) is 0. The van der Waals surface area contributed by atoms with Gasteiger partial charge in [0.1, 0.15) is 6.61 Å². The molecule has 1 aliphatic heterocycles. The Kier molecular flexibility index (Phi) is 11.6. The Hall–Kier alpha value is -1.84. The number of hydrogen-bond acceptors (Lipinski definition) is 3. The molecule has 2 amide bonds. The smallest absolute Gasteiger partial charge is 0.416 e. The van der Waals surface area contributed by atoms with Gasteiger partial charge in [-0.15, -0.1) is 0 Å². The van der Waals surface area contributed by atoms with Gasteiger partial charge in [0.2, 0.25) is 5.91 Å². The summed E-state index contributed by atoms with van der Waals surface area (Å²) in [6.45, 7) is 4.90. The van der Waals surface area contributed by atoms with Crippen molar-refractivity contribution in [2.75, 3.05) is 6.61 Å². The van der Waals surface area contributed by atoms with Crippen LogP contribution in [-0.4, -0.2) is 29.5 Å². The van der Waals surface area contributed by atoms with E-state index in [1.807, 2.05) is 30.3 Å². The molecule has 1 saturated heterocycles. The molecule has 1 aromatic carbocycles. The summed E-state index contributed by atoms with van der Waals surface area (Å²) in [5.74, 6) is 0.752. The second-order valence-electron chi connectivity index (χ2n) is 9.15. The number of rotatable bonds is 15. The standard InChI is InChI=1S/C26H41NO3/c1-22(2)16-12-9-7-5-3-4-6-8-10-15-19-25(28)27-24(21-30-26(27)29)20-23-17-13-11-14-18-23/h11,13-14,17-18,22,24H,3-10,12,15-16,19-21H2,1-2H3/t24-/m1/s1. The Morgan fingerprint density at radius 2 is 1.50 bits per heavy atom. The van der Waals surface area contributed by atoms with Crippen LogP contribution >= 0.6 is 0 Å². The van der Waals surface area contributed by atoms with Crippen molar-refractivity contribution in [3.63, 3.8) is 0 Å². The third-order valence-corrected chi connectivity index (χ3v) is 5.97. The summed E-state index contributed by atoms with van der Waals surface area (Å²) in [6.07, 6.45) is 14.5. The molecule has 0 aliphatic carbocycles. The van der Waals surface area contributed by atoms with Gasteiger partial charge < -0.3 is 4.74 Å². The van der Waals surface area contributed by atoms with Crippen molar-refractivity contribution in [3.05, 3.63) is 35.9 Å². The van der Waals surface area contributed by atoms with Crippen molar-refractivity contribution in [1.82, 2.24) is 4.90 Å². The largest absolute Gasteiger partial charge is 0.447 e. The molecule has 0 spiro atoms. The van der Waals surface area contributed by atoms with Crippen LogP contribution in [0.15, 0.2) is 30.3 Å². The Labute approximate surface area is 183 Å². The van der Waals surface area contributed by atoms with Crippen molar-refractivity contribution < 1.29 is 14.3 Å². The summed E-state index contributed by atoms with van der Waals surface area (Å²) >= 11 is 0. The third kappa shape index (κ3) is 9.32. The predicted octanol–water partition coefficient (Wildman–Crippen LogP) is 6.91. The van der Waals surface area contributed by atoms with Gasteiger partial charge in [-0.2, -0.15) is 0 Å². The molecule has 0 radical (unpaired) electrons. The average Bonchev–Trinajstić information content (AvgIpc) is 3.09. The monoisotopic (exact) mass is 415 g/mol. The zero-order valence-electron chi connectivity index (χ0n) is 19.1. The van der Waals surface area contributed by atoms with Gasteiger partial charge in [-0.3, -0.25) is 4.79 Å². The molecule has 1 aromatic rings. The molecule has 4 nitrogen and oxygen atoms in total. The van der Waals surface area contributed by atoms with Crippen LogP contribution in [0.3, 0.4) is 0 Å². The van der Waals surface area contributed by atoms with E-state index in [-0.39, 0.29) is 11.9 Å². The molecule has 0 bridgehead atoms. The van der Waals surface area contributed by atoms with Gasteiger partial charge in [0.15, 0.2) is 0 Å². The lowest BCUT2D eigenvalue weighted by molar-refractivity contribution is -0.129. The summed E-state index contributed by atoms with van der Waals surface area (Å²) < 4.78 is 5.16. The minimum absolute atomic E-state index is 0.0835. The van der Waals surface area contributed by atoms with E-state index in [2.05, 4.69) is 13.8 Å². The maximum absolute atomic E-state index is 12.6. The van der Waals surface area contributed by atoms with Crippen LogP contribution in [0.25, 0.3) is 0 Å². The number of amides is 2. The maximum Gasteiger partial charge on any atom is 0.416 e. The van der Waals surface area contributed by atoms with Crippen LogP contribution < -0.4 is 0 Å². The normalized spacial score (nSPS) is 16.3. The molecule has 1 aliphatic rings. The third-order valence-electron chi connectivity index (χ3n) is 5.97. The zero-order chi connectivity index (χ0) is 21.6. The highest BCUT2D eigenvalue weighted by Crippen LogP contribution is 2.20. The summed E-state index contributed by atoms with van der Waals surface area (Å²) in [5.41, 5.74) is 1.12. The Bertz CT molecular complexity index is 614. The second kappa shape index (κ2) is 14.2. The van der Waals surface area contributed by atoms with E-state index in [0.717, 1.165) is 24.3 Å². The van der Waals surface area contributed by atoms with Crippen molar-refractivity contribution in [1.29, 1.82) is 0 Å². The summed E-state index contributed by atoms with van der Waals surface area (Å²) in [4.78, 5) is 26.0. The molecule has 1 atom stereocenters. The highest BCUT2D eigenvalue weighted by Gasteiger charge is 2.37. The maximum atomic E-state index is 12.6. The number of carbonyl (C=O) groups excluding carboxylic acids is 2. The number of ether oxygens (including phenoxy) is 1. The van der Waals surface area contributed by atoms with Crippen molar-refractivity contribution in [2.24, 2.45) is 5.92 Å². The van der Waals surface area contributed by atoms with E-state index >= 15 is 0 Å². The predicted molar refractivity (Wildman–Crippen MR) is 122 cm³/mol.